The van der Waals surface area contributed by atoms with Crippen LogP contribution in [0.2, 0.25) is 0 Å². The predicted octanol–water partition coefficient (Wildman–Crippen LogP) is 5.25. The summed E-state index contributed by atoms with van der Waals surface area (Å²) in [6, 6.07) is 7.59. The fraction of sp³-hybridized carbons (Fsp3) is 0.600. The number of carbonyl (C=O) groups is 1. The van der Waals surface area contributed by atoms with E-state index in [0.29, 0.717) is 0 Å². The van der Waals surface area contributed by atoms with E-state index in [1.165, 1.54) is 16.9 Å². The Hall–Kier alpha value is -1.99. The summed E-state index contributed by atoms with van der Waals surface area (Å²) >= 11 is 1.22. The first kappa shape index (κ1) is 24.6. The lowest BCUT2D eigenvalue weighted by molar-refractivity contribution is 0.113. The van der Waals surface area contributed by atoms with Crippen LogP contribution in [0.25, 0.3) is 0 Å². The van der Waals surface area contributed by atoms with Gasteiger partial charge in [0.15, 0.2) is 5.13 Å². The molecule has 176 valence electrons. The number of urea groups is 1. The second kappa shape index (κ2) is 9.87. The van der Waals surface area contributed by atoms with Crippen LogP contribution in [0.4, 0.5) is 9.18 Å². The molecule has 5 nitrogen and oxygen atoms in total. The molecule has 0 bridgehead atoms. The molecule has 1 aliphatic rings. The topological polar surface area (TPSA) is 57.3 Å². The van der Waals surface area contributed by atoms with Crippen molar-refractivity contribution in [3.8, 4) is 0 Å². The lowest BCUT2D eigenvalue weighted by Gasteiger charge is -2.40. The average molecular weight is 461 g/mol. The van der Waals surface area contributed by atoms with Crippen LogP contribution in [0.1, 0.15) is 63.6 Å². The van der Waals surface area contributed by atoms with Crippen molar-refractivity contribution in [1.29, 1.82) is 0 Å². The van der Waals surface area contributed by atoms with Gasteiger partial charge in [0.25, 0.3) is 0 Å². The third kappa shape index (κ3) is 5.67. The van der Waals surface area contributed by atoms with Crippen molar-refractivity contribution in [2.24, 2.45) is 5.41 Å². The molecule has 0 unspecified atom stereocenters. The summed E-state index contributed by atoms with van der Waals surface area (Å²) in [5, 5.41) is 6.00. The van der Waals surface area contributed by atoms with E-state index < -0.39 is 0 Å². The van der Waals surface area contributed by atoms with E-state index in [9.17, 15) is 9.18 Å². The van der Waals surface area contributed by atoms with Crippen LogP contribution in [0.5, 0.6) is 0 Å². The molecule has 0 spiro atoms. The van der Waals surface area contributed by atoms with E-state index in [1.54, 1.807) is 6.07 Å². The van der Waals surface area contributed by atoms with Crippen LogP contribution in [0.3, 0.4) is 0 Å². The summed E-state index contributed by atoms with van der Waals surface area (Å²) in [7, 11) is 0. The molecule has 1 fully saturated rings. The fourth-order valence-corrected chi connectivity index (χ4v) is 5.40. The molecule has 2 atom stereocenters. The Morgan fingerprint density at radius 2 is 2.00 bits per heavy atom. The lowest BCUT2D eigenvalue weighted by Crippen LogP contribution is -2.52. The van der Waals surface area contributed by atoms with Gasteiger partial charge in [0.05, 0.1) is 0 Å². The molecule has 0 radical (unpaired) electrons. The average Bonchev–Trinajstić information content (AvgIpc) is 3.33. The molecule has 2 aromatic rings. The van der Waals surface area contributed by atoms with Crippen LogP contribution in [0, 0.1) is 17.5 Å². The first-order chi connectivity index (χ1) is 15.0. The number of aryl methyl sites for hydroxylation is 2. The van der Waals surface area contributed by atoms with Crippen molar-refractivity contribution >= 4 is 17.4 Å². The van der Waals surface area contributed by atoms with Gasteiger partial charge in [0.1, 0.15) is 0 Å². The fourth-order valence-electron chi connectivity index (χ4n) is 4.67. The molecule has 3 heterocycles. The van der Waals surface area contributed by atoms with Crippen molar-refractivity contribution in [2.45, 2.75) is 78.4 Å². The summed E-state index contributed by atoms with van der Waals surface area (Å²) in [6.07, 6.45) is 4.66. The quantitative estimate of drug-likeness (QED) is 0.566. The Morgan fingerprint density at radius 3 is 2.59 bits per heavy atom. The van der Waals surface area contributed by atoms with Gasteiger partial charge in [-0.1, -0.05) is 6.07 Å². The highest BCUT2D eigenvalue weighted by Gasteiger charge is 2.47. The second-order valence-corrected chi connectivity index (χ2v) is 11.1. The van der Waals surface area contributed by atoms with E-state index in [0.717, 1.165) is 42.9 Å². The molecule has 7 heteroatoms. The molecule has 32 heavy (non-hydrogen) atoms. The summed E-state index contributed by atoms with van der Waals surface area (Å²) in [5.74, 6) is 0. The van der Waals surface area contributed by atoms with Crippen LogP contribution in [-0.2, 0) is 12.0 Å². The second-order valence-electron chi connectivity index (χ2n) is 9.98. The number of nitrogens with one attached hydrogen (secondary N) is 2. The Kier molecular flexibility index (Phi) is 7.61. The van der Waals surface area contributed by atoms with Crippen molar-refractivity contribution in [2.75, 3.05) is 13.1 Å². The van der Waals surface area contributed by atoms with Gasteiger partial charge in [0.2, 0.25) is 0 Å². The van der Waals surface area contributed by atoms with Gasteiger partial charge in [-0.05, 0) is 91.1 Å². The van der Waals surface area contributed by atoms with Crippen molar-refractivity contribution in [3.63, 3.8) is 0 Å². The van der Waals surface area contributed by atoms with Crippen molar-refractivity contribution < 1.29 is 9.18 Å². The predicted molar refractivity (Wildman–Crippen MR) is 129 cm³/mol. The number of aromatic nitrogens is 1. The minimum atomic E-state index is -0.169. The zero-order valence-electron chi connectivity index (χ0n) is 20.2. The third-order valence-corrected chi connectivity index (χ3v) is 7.91. The molecule has 2 aromatic heterocycles. The number of rotatable bonds is 8. The largest absolute Gasteiger partial charge is 0.336 e. The maximum Gasteiger partial charge on any atom is 0.315 e. The molecule has 2 amide bonds. The minimum absolute atomic E-state index is 0.0111. The molecular weight excluding hydrogens is 423 g/mol. The zero-order chi connectivity index (χ0) is 23.5. The normalized spacial score (nSPS) is 20.5. The van der Waals surface area contributed by atoms with E-state index >= 15 is 0 Å². The highest BCUT2D eigenvalue weighted by Crippen LogP contribution is 2.44. The van der Waals surface area contributed by atoms with Crippen molar-refractivity contribution in [1.82, 2.24) is 20.5 Å². The van der Waals surface area contributed by atoms with Gasteiger partial charge in [-0.15, -0.1) is 11.3 Å². The van der Waals surface area contributed by atoms with Gasteiger partial charge in [0, 0.05) is 46.4 Å². The molecule has 0 aliphatic carbocycles. The monoisotopic (exact) mass is 460 g/mol. The Labute approximate surface area is 195 Å². The van der Waals surface area contributed by atoms with Gasteiger partial charge in [-0.3, -0.25) is 9.88 Å². The van der Waals surface area contributed by atoms with Gasteiger partial charge in [-0.25, -0.2) is 4.79 Å². The van der Waals surface area contributed by atoms with E-state index in [-0.39, 0.29) is 34.2 Å². The van der Waals surface area contributed by atoms with E-state index in [1.807, 2.05) is 33.0 Å². The summed E-state index contributed by atoms with van der Waals surface area (Å²) in [5.41, 5.74) is 1.94. The Morgan fingerprint density at radius 1 is 1.25 bits per heavy atom. The first-order valence-corrected chi connectivity index (χ1v) is 12.3. The first-order valence-electron chi connectivity index (χ1n) is 11.5. The highest BCUT2D eigenvalue weighted by molar-refractivity contribution is 7.10. The molecule has 1 saturated heterocycles. The number of amides is 2. The number of hydrogen-bond acceptors (Lipinski definition) is 4. The van der Waals surface area contributed by atoms with Gasteiger partial charge < -0.3 is 10.6 Å². The minimum Gasteiger partial charge on any atom is -0.336 e. The van der Waals surface area contributed by atoms with Gasteiger partial charge in [-0.2, -0.15) is 4.39 Å². The molecular formula is C25H37FN4OS. The standard InChI is InChI=1S/C25H37FN4OS/c1-17(2)28-23(31)29-19(4)25(12-11-21-9-10-22(26)32-21)13-14-30(16-25)24(5,6)20-8-7-18(3)27-15-20/h7-10,15,17,19H,11-14,16H2,1-6H3,(H2,28,29,31)/t19-,25-/m1/s1. The Balaban J connectivity index is 1.80. The number of pyridine rings is 1. The van der Waals surface area contributed by atoms with Crippen molar-refractivity contribution in [3.05, 3.63) is 51.7 Å². The number of halogens is 1. The molecule has 2 N–H and O–H groups in total. The SMILES string of the molecule is Cc1ccc(C(C)(C)N2CC[C@@](CCc3ccc(F)s3)([C@@H](C)NC(=O)NC(C)C)C2)cn1. The van der Waals surface area contributed by atoms with Crippen LogP contribution in [-0.4, -0.2) is 41.1 Å². The number of likely N-dealkylation sites (tertiary alicyclic amines) is 1. The molecule has 1 aliphatic heterocycles. The molecule has 3 rings (SSSR count). The van der Waals surface area contributed by atoms with Gasteiger partial charge >= 0.3 is 6.03 Å². The number of carbonyl (C=O) groups excluding carboxylic acids is 1. The molecule has 0 saturated carbocycles. The summed E-state index contributed by atoms with van der Waals surface area (Å²) in [6.45, 7) is 14.3. The zero-order valence-corrected chi connectivity index (χ0v) is 21.0. The lowest BCUT2D eigenvalue weighted by atomic mass is 9.75. The molecule has 0 aromatic carbocycles. The number of hydrogen-bond donors (Lipinski definition) is 2. The third-order valence-electron chi connectivity index (χ3n) is 6.98. The number of nitrogens with zero attached hydrogens (tertiary/aromatic N) is 2. The van der Waals surface area contributed by atoms with Crippen LogP contribution in [0.15, 0.2) is 30.5 Å². The van der Waals surface area contributed by atoms with E-state index in [4.69, 9.17) is 0 Å². The van der Waals surface area contributed by atoms with Crippen LogP contribution < -0.4 is 10.6 Å². The van der Waals surface area contributed by atoms with E-state index in [2.05, 4.69) is 53.4 Å². The maximum atomic E-state index is 13.5. The number of thiophene rings is 1. The summed E-state index contributed by atoms with van der Waals surface area (Å²) in [4.78, 5) is 20.6. The Bertz CT molecular complexity index is 911. The van der Waals surface area contributed by atoms with Crippen LogP contribution >= 0.6 is 11.3 Å². The summed E-state index contributed by atoms with van der Waals surface area (Å²) < 4.78 is 13.5. The highest BCUT2D eigenvalue weighted by atomic mass is 32.1. The smallest absolute Gasteiger partial charge is 0.315 e. The maximum absolute atomic E-state index is 13.5.